The maximum absolute atomic E-state index is 12.3. The van der Waals surface area contributed by atoms with Crippen molar-refractivity contribution in [1.82, 2.24) is 4.98 Å². The summed E-state index contributed by atoms with van der Waals surface area (Å²) in [6.45, 7) is 0. The van der Waals surface area contributed by atoms with E-state index in [1.807, 2.05) is 6.07 Å². The number of halogens is 2. The zero-order valence-corrected chi connectivity index (χ0v) is 13.2. The summed E-state index contributed by atoms with van der Waals surface area (Å²) < 4.78 is 0. The second kappa shape index (κ2) is 5.95. The molecule has 0 radical (unpaired) electrons. The van der Waals surface area contributed by atoms with Crippen LogP contribution in [0, 0.1) is 0 Å². The number of amides is 1. The maximum Gasteiger partial charge on any atom is 0.261 e. The number of fused-ring (bicyclic) bond motifs is 1. The molecule has 0 aliphatic carbocycles. The van der Waals surface area contributed by atoms with Crippen molar-refractivity contribution < 1.29 is 4.79 Å². The summed E-state index contributed by atoms with van der Waals surface area (Å²) in [4.78, 5) is 27.1. The summed E-state index contributed by atoms with van der Waals surface area (Å²) in [5.41, 5.74) is 6.41. The zero-order chi connectivity index (χ0) is 16.6. The minimum Gasteiger partial charge on any atom is -0.396 e. The first-order valence-corrected chi connectivity index (χ1v) is 7.39. The van der Waals surface area contributed by atoms with Crippen molar-refractivity contribution in [1.29, 1.82) is 0 Å². The summed E-state index contributed by atoms with van der Waals surface area (Å²) in [6, 6.07) is 11.7. The van der Waals surface area contributed by atoms with Crippen LogP contribution in [0.2, 0.25) is 10.0 Å². The van der Waals surface area contributed by atoms with E-state index >= 15 is 0 Å². The molecule has 0 saturated heterocycles. The number of H-pyrrole nitrogens is 1. The highest BCUT2D eigenvalue weighted by Gasteiger charge is 2.13. The zero-order valence-electron chi connectivity index (χ0n) is 11.7. The van der Waals surface area contributed by atoms with Gasteiger partial charge in [0.25, 0.3) is 11.5 Å². The quantitative estimate of drug-likeness (QED) is 0.618. The van der Waals surface area contributed by atoms with Gasteiger partial charge in [-0.15, -0.1) is 0 Å². The number of aromatic nitrogens is 1. The molecule has 1 amide bonds. The fourth-order valence-electron chi connectivity index (χ4n) is 2.17. The molecule has 3 aromatic rings. The highest BCUT2D eigenvalue weighted by Crippen LogP contribution is 2.31. The standard InChI is InChI=1S/C16H11Cl2N3O2/c17-11-6-9(7-12(18)14(11)19)20-15(22)10-5-8-3-1-2-4-13(8)21-16(10)23/h1-7H,19H2,(H,20,22)(H,21,23). The largest absolute Gasteiger partial charge is 0.396 e. The lowest BCUT2D eigenvalue weighted by atomic mass is 10.1. The second-order valence-electron chi connectivity index (χ2n) is 4.91. The topological polar surface area (TPSA) is 88.0 Å². The van der Waals surface area contributed by atoms with Gasteiger partial charge in [0.05, 0.1) is 15.7 Å². The molecule has 23 heavy (non-hydrogen) atoms. The van der Waals surface area contributed by atoms with E-state index in [9.17, 15) is 9.59 Å². The van der Waals surface area contributed by atoms with Crippen LogP contribution in [-0.4, -0.2) is 10.9 Å². The summed E-state index contributed by atoms with van der Waals surface area (Å²) in [5, 5.41) is 3.79. The Kier molecular flexibility index (Phi) is 3.98. The number of para-hydroxylation sites is 1. The van der Waals surface area contributed by atoms with E-state index in [1.54, 1.807) is 18.2 Å². The van der Waals surface area contributed by atoms with Crippen LogP contribution in [0.4, 0.5) is 11.4 Å². The number of carbonyl (C=O) groups is 1. The van der Waals surface area contributed by atoms with E-state index in [4.69, 9.17) is 28.9 Å². The Morgan fingerprint density at radius 1 is 1.09 bits per heavy atom. The predicted octanol–water partition coefficient (Wildman–Crippen LogP) is 3.67. The van der Waals surface area contributed by atoms with Gasteiger partial charge in [-0.3, -0.25) is 9.59 Å². The number of hydrogen-bond donors (Lipinski definition) is 3. The Labute approximate surface area is 141 Å². The molecule has 0 bridgehead atoms. The molecule has 0 atom stereocenters. The second-order valence-corrected chi connectivity index (χ2v) is 5.72. The van der Waals surface area contributed by atoms with Crippen LogP contribution >= 0.6 is 23.2 Å². The van der Waals surface area contributed by atoms with Crippen LogP contribution in [0.5, 0.6) is 0 Å². The number of nitrogens with two attached hydrogens (primary N) is 1. The molecule has 1 aromatic heterocycles. The van der Waals surface area contributed by atoms with Crippen molar-refractivity contribution in [2.45, 2.75) is 0 Å². The first-order valence-electron chi connectivity index (χ1n) is 6.63. The fraction of sp³-hybridized carbons (Fsp3) is 0. The molecule has 7 heteroatoms. The van der Waals surface area contributed by atoms with Crippen molar-refractivity contribution in [3.05, 3.63) is 68.4 Å². The molecule has 4 N–H and O–H groups in total. The Balaban J connectivity index is 1.98. The summed E-state index contributed by atoms with van der Waals surface area (Å²) in [5.74, 6) is -0.561. The molecule has 1 heterocycles. The Morgan fingerprint density at radius 3 is 2.43 bits per heavy atom. The minimum absolute atomic E-state index is 0.00669. The van der Waals surface area contributed by atoms with Gasteiger partial charge in [-0.25, -0.2) is 0 Å². The summed E-state index contributed by atoms with van der Waals surface area (Å²) in [7, 11) is 0. The van der Waals surface area contributed by atoms with Gasteiger partial charge in [0.1, 0.15) is 5.56 Å². The predicted molar refractivity (Wildman–Crippen MR) is 93.4 cm³/mol. The maximum atomic E-state index is 12.3. The van der Waals surface area contributed by atoms with Crippen LogP contribution in [-0.2, 0) is 0 Å². The molecular weight excluding hydrogens is 337 g/mol. The number of rotatable bonds is 2. The SMILES string of the molecule is Nc1c(Cl)cc(NC(=O)c2cc3ccccc3[nH]c2=O)cc1Cl. The Hall–Kier alpha value is -2.50. The molecular formula is C16H11Cl2N3O2. The molecule has 2 aromatic carbocycles. The molecule has 0 unspecified atom stereocenters. The first kappa shape index (κ1) is 15.4. The number of carbonyl (C=O) groups excluding carboxylic acids is 1. The van der Waals surface area contributed by atoms with Gasteiger partial charge < -0.3 is 16.0 Å². The number of nitrogens with one attached hydrogen (secondary N) is 2. The van der Waals surface area contributed by atoms with Crippen molar-refractivity contribution >= 4 is 51.4 Å². The van der Waals surface area contributed by atoms with Crippen molar-refractivity contribution in [3.63, 3.8) is 0 Å². The highest BCUT2D eigenvalue weighted by molar-refractivity contribution is 6.39. The number of benzene rings is 2. The van der Waals surface area contributed by atoms with Crippen LogP contribution in [0.25, 0.3) is 10.9 Å². The molecule has 116 valence electrons. The fourth-order valence-corrected chi connectivity index (χ4v) is 2.66. The lowest BCUT2D eigenvalue weighted by Crippen LogP contribution is -2.23. The van der Waals surface area contributed by atoms with E-state index in [0.717, 1.165) is 5.39 Å². The third-order valence-corrected chi connectivity index (χ3v) is 3.96. The third kappa shape index (κ3) is 3.02. The lowest BCUT2D eigenvalue weighted by molar-refractivity contribution is 0.102. The molecule has 0 fully saturated rings. The number of hydrogen-bond acceptors (Lipinski definition) is 3. The molecule has 5 nitrogen and oxygen atoms in total. The first-order chi connectivity index (χ1) is 11.0. The smallest absolute Gasteiger partial charge is 0.261 e. The van der Waals surface area contributed by atoms with Crippen LogP contribution in [0.15, 0.2) is 47.3 Å². The minimum atomic E-state index is -0.561. The Bertz CT molecular complexity index is 959. The number of nitrogen functional groups attached to an aromatic ring is 1. The number of pyridine rings is 1. The molecule has 0 saturated carbocycles. The summed E-state index contributed by atoms with van der Waals surface area (Å²) in [6.07, 6.45) is 0. The van der Waals surface area contributed by atoms with Crippen LogP contribution in [0.1, 0.15) is 10.4 Å². The van der Waals surface area contributed by atoms with E-state index in [-0.39, 0.29) is 21.3 Å². The third-order valence-electron chi connectivity index (χ3n) is 3.34. The van der Waals surface area contributed by atoms with Crippen LogP contribution in [0.3, 0.4) is 0 Å². The molecule has 3 rings (SSSR count). The average Bonchev–Trinajstić information content (AvgIpc) is 2.51. The van der Waals surface area contributed by atoms with Gasteiger partial charge in [-0.2, -0.15) is 0 Å². The molecule has 0 aliphatic rings. The van der Waals surface area contributed by atoms with Gasteiger partial charge >= 0.3 is 0 Å². The van der Waals surface area contributed by atoms with E-state index in [2.05, 4.69) is 10.3 Å². The lowest BCUT2D eigenvalue weighted by Gasteiger charge is -2.08. The molecule has 0 spiro atoms. The monoisotopic (exact) mass is 347 g/mol. The molecule has 0 aliphatic heterocycles. The van der Waals surface area contributed by atoms with Gasteiger partial charge in [0.15, 0.2) is 0 Å². The van der Waals surface area contributed by atoms with E-state index < -0.39 is 11.5 Å². The normalized spacial score (nSPS) is 10.7. The van der Waals surface area contributed by atoms with Gasteiger partial charge in [-0.05, 0) is 29.7 Å². The van der Waals surface area contributed by atoms with Crippen molar-refractivity contribution in [2.75, 3.05) is 11.1 Å². The van der Waals surface area contributed by atoms with E-state index in [1.165, 1.54) is 18.2 Å². The van der Waals surface area contributed by atoms with Crippen molar-refractivity contribution in [2.24, 2.45) is 0 Å². The van der Waals surface area contributed by atoms with Gasteiger partial charge in [0.2, 0.25) is 0 Å². The van der Waals surface area contributed by atoms with Crippen molar-refractivity contribution in [3.8, 4) is 0 Å². The van der Waals surface area contributed by atoms with Crippen LogP contribution < -0.4 is 16.6 Å². The summed E-state index contributed by atoms with van der Waals surface area (Å²) >= 11 is 11.9. The Morgan fingerprint density at radius 2 is 1.74 bits per heavy atom. The average molecular weight is 348 g/mol. The van der Waals surface area contributed by atoms with Gasteiger partial charge in [-0.1, -0.05) is 41.4 Å². The highest BCUT2D eigenvalue weighted by atomic mass is 35.5. The van der Waals surface area contributed by atoms with Gasteiger partial charge in [0, 0.05) is 11.2 Å². The van der Waals surface area contributed by atoms with E-state index in [0.29, 0.717) is 11.2 Å². The number of anilines is 2. The number of aromatic amines is 1.